The van der Waals surface area contributed by atoms with Gasteiger partial charge in [0.25, 0.3) is 0 Å². The van der Waals surface area contributed by atoms with Crippen molar-refractivity contribution in [1.29, 1.82) is 0 Å². The van der Waals surface area contributed by atoms with Crippen LogP contribution in [0.3, 0.4) is 0 Å². The summed E-state index contributed by atoms with van der Waals surface area (Å²) in [6.45, 7) is 4.21. The first-order valence-electron chi connectivity index (χ1n) is 8.40. The Morgan fingerprint density at radius 1 is 1.19 bits per heavy atom. The molecule has 144 valence electrons. The van der Waals surface area contributed by atoms with Gasteiger partial charge in [-0.25, -0.2) is 8.42 Å². The average molecular weight is 400 g/mol. The van der Waals surface area contributed by atoms with E-state index in [-0.39, 0.29) is 12.5 Å². The number of esters is 1. The molecule has 1 aliphatic heterocycles. The lowest BCUT2D eigenvalue weighted by molar-refractivity contribution is -0.139. The monoisotopic (exact) mass is 399 g/mol. The molecule has 1 aromatic carbocycles. The second-order valence-electron chi connectivity index (χ2n) is 6.27. The van der Waals surface area contributed by atoms with Crippen molar-refractivity contribution >= 4 is 33.1 Å². The molecule has 26 heavy (non-hydrogen) atoms. The van der Waals surface area contributed by atoms with E-state index in [1.54, 1.807) is 12.1 Å². The zero-order valence-corrected chi connectivity index (χ0v) is 16.7. The highest BCUT2D eigenvalue weighted by Gasteiger charge is 2.17. The minimum atomic E-state index is -3.16. The number of nitrogens with one attached hydrogen (secondary N) is 1. The van der Waals surface area contributed by atoms with E-state index in [0.29, 0.717) is 10.0 Å². The Morgan fingerprint density at radius 2 is 1.88 bits per heavy atom. The van der Waals surface area contributed by atoms with Gasteiger partial charge in [-0.1, -0.05) is 12.1 Å². The Labute approximate surface area is 160 Å². The predicted octanol–water partition coefficient (Wildman–Crippen LogP) is 0.645. The Balaban J connectivity index is 1.86. The van der Waals surface area contributed by atoms with Gasteiger partial charge in [0.1, 0.15) is 6.54 Å². The van der Waals surface area contributed by atoms with Crippen LogP contribution in [0.5, 0.6) is 0 Å². The van der Waals surface area contributed by atoms with Gasteiger partial charge in [-0.15, -0.1) is 0 Å². The zero-order chi connectivity index (χ0) is 19.2. The summed E-state index contributed by atoms with van der Waals surface area (Å²) < 4.78 is 27.7. The molecule has 0 amide bonds. The minimum Gasteiger partial charge on any atom is -0.468 e. The molecule has 0 spiro atoms. The number of methoxy groups -OCH3 is 1. The fourth-order valence-electron chi connectivity index (χ4n) is 2.76. The molecule has 2 rings (SSSR count). The SMILES string of the molecule is COC(=O)CNC(=S)N1CCCN(Cc2ccc(S(C)(=O)=O)cc2)CC1. The topological polar surface area (TPSA) is 79.0 Å². The molecule has 0 unspecified atom stereocenters. The van der Waals surface area contributed by atoms with Crippen LogP contribution in [-0.4, -0.2) is 75.4 Å². The number of hydrogen-bond acceptors (Lipinski definition) is 6. The standard InChI is InChI=1S/C17H25N3O4S2/c1-24-16(21)12-18-17(25)20-9-3-8-19(10-11-20)13-14-4-6-15(7-5-14)26(2,22)23/h4-7H,3,8-13H2,1-2H3,(H,18,25). The third-order valence-corrected chi connectivity index (χ3v) is 5.78. The lowest BCUT2D eigenvalue weighted by Gasteiger charge is -2.24. The molecule has 7 nitrogen and oxygen atoms in total. The van der Waals surface area contributed by atoms with Crippen LogP contribution in [0, 0.1) is 0 Å². The highest BCUT2D eigenvalue weighted by molar-refractivity contribution is 7.90. The molecule has 0 saturated carbocycles. The van der Waals surface area contributed by atoms with Gasteiger partial charge < -0.3 is 15.0 Å². The van der Waals surface area contributed by atoms with Crippen molar-refractivity contribution in [3.8, 4) is 0 Å². The first kappa shape index (κ1) is 20.6. The van der Waals surface area contributed by atoms with E-state index in [2.05, 4.69) is 19.9 Å². The molecule has 1 N–H and O–H groups in total. The van der Waals surface area contributed by atoms with Crippen LogP contribution in [-0.2, 0) is 25.9 Å². The quantitative estimate of drug-likeness (QED) is 0.571. The van der Waals surface area contributed by atoms with Crippen molar-refractivity contribution in [2.45, 2.75) is 17.9 Å². The van der Waals surface area contributed by atoms with Gasteiger partial charge in [-0.05, 0) is 36.3 Å². The van der Waals surface area contributed by atoms with E-state index in [4.69, 9.17) is 12.2 Å². The summed E-state index contributed by atoms with van der Waals surface area (Å²) in [7, 11) is -1.82. The Bertz CT molecular complexity index is 735. The predicted molar refractivity (Wildman–Crippen MR) is 104 cm³/mol. The third kappa shape index (κ3) is 6.22. The number of nitrogens with zero attached hydrogens (tertiary/aromatic N) is 2. The van der Waals surface area contributed by atoms with Crippen molar-refractivity contribution in [3.63, 3.8) is 0 Å². The molecule has 0 atom stereocenters. The summed E-state index contributed by atoms with van der Waals surface area (Å²) in [4.78, 5) is 15.9. The van der Waals surface area contributed by atoms with E-state index in [9.17, 15) is 13.2 Å². The van der Waals surface area contributed by atoms with Crippen LogP contribution in [0.4, 0.5) is 0 Å². The van der Waals surface area contributed by atoms with E-state index < -0.39 is 9.84 Å². The molecule has 1 heterocycles. The number of rotatable bonds is 5. The van der Waals surface area contributed by atoms with Crippen molar-refractivity contribution < 1.29 is 17.9 Å². The second-order valence-corrected chi connectivity index (χ2v) is 8.67. The molecule has 0 bridgehead atoms. The highest BCUT2D eigenvalue weighted by Crippen LogP contribution is 2.13. The number of carbonyl (C=O) groups excluding carboxylic acids is 1. The fourth-order valence-corrected chi connectivity index (χ4v) is 3.65. The number of benzene rings is 1. The molecule has 0 aliphatic carbocycles. The molecule has 1 aliphatic rings. The minimum absolute atomic E-state index is 0.0717. The van der Waals surface area contributed by atoms with E-state index in [1.165, 1.54) is 13.4 Å². The molecular weight excluding hydrogens is 374 g/mol. The summed E-state index contributed by atoms with van der Waals surface area (Å²) in [6.07, 6.45) is 2.17. The summed E-state index contributed by atoms with van der Waals surface area (Å²) in [5.41, 5.74) is 1.08. The van der Waals surface area contributed by atoms with E-state index in [0.717, 1.165) is 44.7 Å². The Kier molecular flexibility index (Phi) is 7.36. The van der Waals surface area contributed by atoms with Crippen molar-refractivity contribution in [2.75, 3.05) is 46.1 Å². The van der Waals surface area contributed by atoms with Crippen molar-refractivity contribution in [2.24, 2.45) is 0 Å². The van der Waals surface area contributed by atoms with Crippen LogP contribution >= 0.6 is 12.2 Å². The smallest absolute Gasteiger partial charge is 0.325 e. The maximum absolute atomic E-state index is 11.5. The van der Waals surface area contributed by atoms with Gasteiger partial charge >= 0.3 is 5.97 Å². The van der Waals surface area contributed by atoms with Gasteiger partial charge in [-0.3, -0.25) is 9.69 Å². The van der Waals surface area contributed by atoms with Gasteiger partial charge in [0.15, 0.2) is 14.9 Å². The van der Waals surface area contributed by atoms with Gasteiger partial charge in [-0.2, -0.15) is 0 Å². The number of sulfone groups is 1. The van der Waals surface area contributed by atoms with Crippen LogP contribution < -0.4 is 5.32 Å². The molecule has 9 heteroatoms. The van der Waals surface area contributed by atoms with Crippen LogP contribution in [0.1, 0.15) is 12.0 Å². The van der Waals surface area contributed by atoms with Crippen LogP contribution in [0.15, 0.2) is 29.2 Å². The highest BCUT2D eigenvalue weighted by atomic mass is 32.2. The van der Waals surface area contributed by atoms with E-state index >= 15 is 0 Å². The molecule has 0 aromatic heterocycles. The maximum Gasteiger partial charge on any atom is 0.325 e. The first-order valence-corrected chi connectivity index (χ1v) is 10.7. The first-order chi connectivity index (χ1) is 12.3. The second kappa shape index (κ2) is 9.29. The summed E-state index contributed by atoms with van der Waals surface area (Å²) in [6, 6.07) is 7.03. The maximum atomic E-state index is 11.5. The molecule has 0 radical (unpaired) electrons. The van der Waals surface area contributed by atoms with E-state index in [1.807, 2.05) is 12.1 Å². The molecule has 1 fully saturated rings. The summed E-state index contributed by atoms with van der Waals surface area (Å²) in [5, 5.41) is 3.49. The average Bonchev–Trinajstić information content (AvgIpc) is 2.84. The number of carbonyl (C=O) groups is 1. The fraction of sp³-hybridized carbons (Fsp3) is 0.529. The number of thiocarbonyl (C=S) groups is 1. The largest absolute Gasteiger partial charge is 0.468 e. The lowest BCUT2D eigenvalue weighted by atomic mass is 10.2. The zero-order valence-electron chi connectivity index (χ0n) is 15.1. The van der Waals surface area contributed by atoms with Gasteiger partial charge in [0.2, 0.25) is 0 Å². The normalized spacial score (nSPS) is 16.0. The Hall–Kier alpha value is -1.71. The summed E-state index contributed by atoms with van der Waals surface area (Å²) >= 11 is 5.35. The molecule has 1 saturated heterocycles. The summed E-state index contributed by atoms with van der Waals surface area (Å²) in [5.74, 6) is -0.346. The number of ether oxygens (including phenoxy) is 1. The Morgan fingerprint density at radius 3 is 2.50 bits per heavy atom. The van der Waals surface area contributed by atoms with Gasteiger partial charge in [0.05, 0.1) is 12.0 Å². The molecular formula is C17H25N3O4S2. The lowest BCUT2D eigenvalue weighted by Crippen LogP contribution is -2.43. The van der Waals surface area contributed by atoms with Gasteiger partial charge in [0, 0.05) is 39.0 Å². The van der Waals surface area contributed by atoms with Crippen LogP contribution in [0.2, 0.25) is 0 Å². The number of hydrogen-bond donors (Lipinski definition) is 1. The third-order valence-electron chi connectivity index (χ3n) is 4.25. The molecule has 1 aromatic rings. The van der Waals surface area contributed by atoms with Crippen molar-refractivity contribution in [3.05, 3.63) is 29.8 Å². The van der Waals surface area contributed by atoms with Crippen LogP contribution in [0.25, 0.3) is 0 Å². The van der Waals surface area contributed by atoms with Crippen molar-refractivity contribution in [1.82, 2.24) is 15.1 Å².